The molecule has 0 saturated carbocycles. The van der Waals surface area contributed by atoms with Crippen LogP contribution in [0.15, 0.2) is 65.5 Å². The van der Waals surface area contributed by atoms with E-state index in [0.717, 1.165) is 27.0 Å². The van der Waals surface area contributed by atoms with Gasteiger partial charge in [-0.3, -0.25) is 0 Å². The molecule has 1 aliphatic heterocycles. The van der Waals surface area contributed by atoms with Gasteiger partial charge in [0, 0.05) is 35.5 Å². The van der Waals surface area contributed by atoms with Crippen LogP contribution < -0.4 is 4.90 Å². The molecule has 1 atom stereocenters. The van der Waals surface area contributed by atoms with Crippen molar-refractivity contribution < 1.29 is 8.42 Å². The Labute approximate surface area is 204 Å². The highest BCUT2D eigenvalue weighted by molar-refractivity contribution is 9.10. The lowest BCUT2D eigenvalue weighted by Gasteiger charge is -2.31. The van der Waals surface area contributed by atoms with Crippen molar-refractivity contribution in [2.24, 2.45) is 0 Å². The topological polar surface area (TPSA) is 69.3 Å². The fourth-order valence-corrected chi connectivity index (χ4v) is 5.36. The van der Waals surface area contributed by atoms with Crippen molar-refractivity contribution >= 4 is 56.5 Å². The first kappa shape index (κ1) is 25.7. The molecule has 2 heterocycles. The van der Waals surface area contributed by atoms with Gasteiger partial charge in [-0.05, 0) is 35.7 Å². The number of anilines is 1. The van der Waals surface area contributed by atoms with Gasteiger partial charge in [0.2, 0.25) is 10.0 Å². The largest absolute Gasteiger partial charge is 0.364 e. The molecule has 6 nitrogen and oxygen atoms in total. The number of benzene rings is 2. The maximum atomic E-state index is 12.7. The lowest BCUT2D eigenvalue weighted by atomic mass is 10.1. The second-order valence-corrected chi connectivity index (χ2v) is 10.2. The highest BCUT2D eigenvalue weighted by Gasteiger charge is 2.33. The number of rotatable bonds is 5. The Morgan fingerprint density at radius 2 is 1.90 bits per heavy atom. The average molecular weight is 548 g/mol. The number of H-pyrrole nitrogens is 1. The summed E-state index contributed by atoms with van der Waals surface area (Å²) in [7, 11) is -3.39. The summed E-state index contributed by atoms with van der Waals surface area (Å²) in [5, 5.41) is 0. The molecule has 0 aliphatic carbocycles. The van der Waals surface area contributed by atoms with Crippen molar-refractivity contribution in [2.75, 3.05) is 17.7 Å². The molecule has 0 fully saturated rings. The quantitative estimate of drug-likeness (QED) is 0.513. The number of imidazole rings is 1. The summed E-state index contributed by atoms with van der Waals surface area (Å²) in [5.74, 6) is 0. The number of aromatic nitrogens is 2. The minimum absolute atomic E-state index is 0. The SMILES string of the molecule is CS(=O)(=O)N1Cc2cc(Br)ccc2N(Cc2cnc[nH]2)CC1Cc1ccccc1.Cl.Cl. The first-order chi connectivity index (χ1) is 13.9. The molecule has 2 aromatic carbocycles. The number of sulfonamides is 1. The van der Waals surface area contributed by atoms with E-state index in [1.165, 1.54) is 6.26 Å². The third-order valence-electron chi connectivity index (χ3n) is 5.20. The van der Waals surface area contributed by atoms with Gasteiger partial charge in [0.05, 0.1) is 24.8 Å². The molecule has 1 aliphatic rings. The summed E-state index contributed by atoms with van der Waals surface area (Å²) >= 11 is 3.53. The van der Waals surface area contributed by atoms with Crippen molar-refractivity contribution in [3.8, 4) is 0 Å². The van der Waals surface area contributed by atoms with Gasteiger partial charge in [-0.1, -0.05) is 46.3 Å². The molecule has 1 unspecified atom stereocenters. The first-order valence-electron chi connectivity index (χ1n) is 9.41. The highest BCUT2D eigenvalue weighted by atomic mass is 79.9. The Morgan fingerprint density at radius 1 is 1.16 bits per heavy atom. The van der Waals surface area contributed by atoms with Crippen LogP contribution in [0.3, 0.4) is 0 Å². The number of halogens is 3. The van der Waals surface area contributed by atoms with Crippen LogP contribution in [0.4, 0.5) is 5.69 Å². The van der Waals surface area contributed by atoms with E-state index in [2.05, 4.69) is 36.9 Å². The number of aromatic amines is 1. The van der Waals surface area contributed by atoms with Crippen LogP contribution in [0.2, 0.25) is 0 Å². The molecule has 0 saturated heterocycles. The maximum Gasteiger partial charge on any atom is 0.211 e. The van der Waals surface area contributed by atoms with Crippen molar-refractivity contribution in [1.82, 2.24) is 14.3 Å². The smallest absolute Gasteiger partial charge is 0.211 e. The van der Waals surface area contributed by atoms with Crippen LogP contribution in [0.25, 0.3) is 0 Å². The van der Waals surface area contributed by atoms with Crippen molar-refractivity contribution in [3.05, 3.63) is 82.3 Å². The Kier molecular flexibility index (Phi) is 8.97. The number of fused-ring (bicyclic) bond motifs is 1. The van der Waals surface area contributed by atoms with Gasteiger partial charge in [0.25, 0.3) is 0 Å². The number of nitrogens with zero attached hydrogens (tertiary/aromatic N) is 3. The van der Waals surface area contributed by atoms with Crippen molar-refractivity contribution in [2.45, 2.75) is 25.6 Å². The number of hydrogen-bond acceptors (Lipinski definition) is 4. The molecule has 0 radical (unpaired) electrons. The number of nitrogens with one attached hydrogen (secondary N) is 1. The Balaban J connectivity index is 0.00000171. The summed E-state index contributed by atoms with van der Waals surface area (Å²) in [6.07, 6.45) is 5.43. The van der Waals surface area contributed by atoms with Gasteiger partial charge in [0.1, 0.15) is 0 Å². The standard InChI is InChI=1S/C21H23BrN4O2S.2ClH/c1-29(27,28)26-12-17-10-18(22)7-8-21(17)25(13-19-11-23-15-24-19)14-20(26)9-16-5-3-2-4-6-16;;/h2-8,10-11,15,20H,9,12-14H2,1H3,(H,23,24);2*1H. The molecule has 0 bridgehead atoms. The zero-order valence-corrected chi connectivity index (χ0v) is 21.0. The fraction of sp³-hybridized carbons (Fsp3) is 0.286. The van der Waals surface area contributed by atoms with Crippen LogP contribution in [0, 0.1) is 0 Å². The predicted octanol–water partition coefficient (Wildman–Crippen LogP) is 4.41. The van der Waals surface area contributed by atoms with Crippen LogP contribution in [0.1, 0.15) is 16.8 Å². The first-order valence-corrected chi connectivity index (χ1v) is 12.1. The molecular formula is C21H25BrCl2N4O2S. The highest BCUT2D eigenvalue weighted by Crippen LogP contribution is 2.32. The molecule has 4 rings (SSSR count). The lowest BCUT2D eigenvalue weighted by Crippen LogP contribution is -2.45. The van der Waals surface area contributed by atoms with Gasteiger partial charge in [-0.2, -0.15) is 4.31 Å². The second-order valence-electron chi connectivity index (χ2n) is 7.38. The minimum Gasteiger partial charge on any atom is -0.364 e. The molecule has 0 amide bonds. The van der Waals surface area contributed by atoms with Crippen LogP contribution in [-0.4, -0.2) is 41.5 Å². The predicted molar refractivity (Wildman–Crippen MR) is 133 cm³/mol. The van der Waals surface area contributed by atoms with E-state index in [-0.39, 0.29) is 30.9 Å². The van der Waals surface area contributed by atoms with Crippen molar-refractivity contribution in [1.29, 1.82) is 0 Å². The van der Waals surface area contributed by atoms with E-state index in [1.54, 1.807) is 10.6 Å². The van der Waals surface area contributed by atoms with E-state index in [1.807, 2.05) is 48.7 Å². The van der Waals surface area contributed by atoms with Gasteiger partial charge in [0.15, 0.2) is 0 Å². The summed E-state index contributed by atoms with van der Waals surface area (Å²) in [6, 6.07) is 15.9. The molecule has 3 aromatic rings. The molecule has 168 valence electrons. The zero-order valence-electron chi connectivity index (χ0n) is 16.9. The summed E-state index contributed by atoms with van der Waals surface area (Å²) < 4.78 is 28.1. The minimum atomic E-state index is -3.39. The third-order valence-corrected chi connectivity index (χ3v) is 6.98. The van der Waals surface area contributed by atoms with Gasteiger partial charge in [-0.15, -0.1) is 24.8 Å². The van der Waals surface area contributed by atoms with E-state index in [4.69, 9.17) is 0 Å². The molecule has 10 heteroatoms. The summed E-state index contributed by atoms with van der Waals surface area (Å²) in [5.41, 5.74) is 4.15. The monoisotopic (exact) mass is 546 g/mol. The number of hydrogen-bond donors (Lipinski definition) is 1. The maximum absolute atomic E-state index is 12.7. The van der Waals surface area contributed by atoms with Crippen LogP contribution in [0.5, 0.6) is 0 Å². The average Bonchev–Trinajstić information content (AvgIpc) is 3.13. The normalized spacial score (nSPS) is 16.6. The molecule has 1 aromatic heterocycles. The second kappa shape index (κ2) is 10.8. The zero-order chi connectivity index (χ0) is 20.4. The Hall–Kier alpha value is -1.58. The molecule has 1 N–H and O–H groups in total. The molecular weight excluding hydrogens is 523 g/mol. The summed E-state index contributed by atoms with van der Waals surface area (Å²) in [6.45, 7) is 1.58. The fourth-order valence-electron chi connectivity index (χ4n) is 3.90. The summed E-state index contributed by atoms with van der Waals surface area (Å²) in [4.78, 5) is 9.53. The van der Waals surface area contributed by atoms with Crippen LogP contribution >= 0.6 is 40.7 Å². The van der Waals surface area contributed by atoms with Gasteiger partial charge in [-0.25, -0.2) is 13.4 Å². The van der Waals surface area contributed by atoms with Crippen LogP contribution in [-0.2, 0) is 29.5 Å². The van der Waals surface area contributed by atoms with Gasteiger partial charge < -0.3 is 9.88 Å². The van der Waals surface area contributed by atoms with E-state index in [0.29, 0.717) is 26.1 Å². The van der Waals surface area contributed by atoms with Crippen molar-refractivity contribution in [3.63, 3.8) is 0 Å². The Bertz CT molecular complexity index is 1080. The molecule has 31 heavy (non-hydrogen) atoms. The molecule has 0 spiro atoms. The van der Waals surface area contributed by atoms with E-state index in [9.17, 15) is 8.42 Å². The lowest BCUT2D eigenvalue weighted by molar-refractivity contribution is 0.320. The van der Waals surface area contributed by atoms with Gasteiger partial charge >= 0.3 is 0 Å². The Morgan fingerprint density at radius 3 is 2.55 bits per heavy atom. The van der Waals surface area contributed by atoms with E-state index < -0.39 is 10.0 Å². The van der Waals surface area contributed by atoms with E-state index >= 15 is 0 Å². The third kappa shape index (κ3) is 6.23.